The molecule has 1 rings (SSSR count). The van der Waals surface area contributed by atoms with Gasteiger partial charge >= 0.3 is 0 Å². The first kappa shape index (κ1) is 14.0. The summed E-state index contributed by atoms with van der Waals surface area (Å²) in [6.07, 6.45) is 1.34. The van der Waals surface area contributed by atoms with Gasteiger partial charge in [-0.1, -0.05) is 0 Å². The Morgan fingerprint density at radius 3 is 2.81 bits per heavy atom. The number of hydrogen-bond acceptors (Lipinski definition) is 3. The predicted molar refractivity (Wildman–Crippen MR) is 69.6 cm³/mol. The molecule has 16 heavy (non-hydrogen) atoms. The van der Waals surface area contributed by atoms with Gasteiger partial charge in [-0.3, -0.25) is 0 Å². The van der Waals surface area contributed by atoms with Crippen LogP contribution in [0.15, 0.2) is 16.8 Å². The number of hydrogen-bond donors (Lipinski definition) is 1. The number of rotatable bonds is 7. The fourth-order valence-electron chi connectivity index (χ4n) is 1.30. The average molecular weight is 282 g/mol. The lowest BCUT2D eigenvalue weighted by Gasteiger charge is -2.12. The molecule has 0 saturated carbocycles. The van der Waals surface area contributed by atoms with E-state index in [1.165, 1.54) is 0 Å². The Morgan fingerprint density at radius 2 is 2.25 bits per heavy atom. The van der Waals surface area contributed by atoms with Crippen molar-refractivity contribution < 1.29 is 8.42 Å². The Labute approximate surface area is 106 Å². The molecule has 1 unspecified atom stereocenters. The van der Waals surface area contributed by atoms with Gasteiger partial charge in [0.05, 0.1) is 5.75 Å². The summed E-state index contributed by atoms with van der Waals surface area (Å²) < 4.78 is 26.0. The lowest BCUT2D eigenvalue weighted by Crippen LogP contribution is -2.28. The van der Waals surface area contributed by atoms with E-state index >= 15 is 0 Å². The number of alkyl halides is 1. The van der Waals surface area contributed by atoms with Crippen molar-refractivity contribution in [2.24, 2.45) is 0 Å². The Hall–Kier alpha value is -0.100. The molecule has 1 atom stereocenters. The molecule has 0 aliphatic carbocycles. The summed E-state index contributed by atoms with van der Waals surface area (Å²) in [7, 11) is -3.18. The molecular formula is C10H16ClNO2S2. The van der Waals surface area contributed by atoms with Crippen molar-refractivity contribution in [1.82, 2.24) is 4.72 Å². The van der Waals surface area contributed by atoms with Gasteiger partial charge in [0.15, 0.2) is 0 Å². The van der Waals surface area contributed by atoms with Gasteiger partial charge in [-0.25, -0.2) is 13.1 Å². The maximum atomic E-state index is 11.7. The fraction of sp³-hybridized carbons (Fsp3) is 0.600. The van der Waals surface area contributed by atoms with E-state index in [-0.39, 0.29) is 11.8 Å². The standard InChI is InChI=1S/C10H16ClNO2S2/c1-9(10-4-6-15-8-10)12-16(13,14)7-3-2-5-11/h4,6,8-9,12H,2-3,5,7H2,1H3. The Bertz CT molecular complexity index is 389. The molecule has 0 bridgehead atoms. The highest BCUT2D eigenvalue weighted by Gasteiger charge is 2.15. The van der Waals surface area contributed by atoms with Crippen molar-refractivity contribution in [2.45, 2.75) is 25.8 Å². The maximum Gasteiger partial charge on any atom is 0.212 e. The van der Waals surface area contributed by atoms with Crippen molar-refractivity contribution in [3.63, 3.8) is 0 Å². The molecule has 0 amide bonds. The summed E-state index contributed by atoms with van der Waals surface area (Å²) in [6, 6.07) is 1.77. The predicted octanol–water partition coefficient (Wildman–Crippen LogP) is 2.75. The van der Waals surface area contributed by atoms with Gasteiger partial charge in [-0.15, -0.1) is 11.6 Å². The third kappa shape index (κ3) is 4.82. The molecule has 6 heteroatoms. The van der Waals surface area contributed by atoms with E-state index in [0.717, 1.165) is 12.0 Å². The monoisotopic (exact) mass is 281 g/mol. The smallest absolute Gasteiger partial charge is 0.212 e. The van der Waals surface area contributed by atoms with Crippen LogP contribution >= 0.6 is 22.9 Å². The zero-order chi connectivity index (χ0) is 12.0. The van der Waals surface area contributed by atoms with Crippen molar-refractivity contribution in [3.8, 4) is 0 Å². The molecule has 1 aromatic heterocycles. The van der Waals surface area contributed by atoms with Gasteiger partial charge in [-0.2, -0.15) is 11.3 Å². The minimum Gasteiger partial charge on any atom is -0.212 e. The Balaban J connectivity index is 2.46. The van der Waals surface area contributed by atoms with E-state index in [1.807, 2.05) is 23.8 Å². The van der Waals surface area contributed by atoms with Crippen molar-refractivity contribution in [2.75, 3.05) is 11.6 Å². The molecule has 0 spiro atoms. The second-order valence-electron chi connectivity index (χ2n) is 3.61. The van der Waals surface area contributed by atoms with Crippen LogP contribution in [0.1, 0.15) is 31.4 Å². The molecule has 1 N–H and O–H groups in total. The lowest BCUT2D eigenvalue weighted by molar-refractivity contribution is 0.564. The van der Waals surface area contributed by atoms with Crippen LogP contribution in [0.2, 0.25) is 0 Å². The van der Waals surface area contributed by atoms with Crippen molar-refractivity contribution >= 4 is 33.0 Å². The first-order chi connectivity index (χ1) is 7.55. The minimum absolute atomic E-state index is 0.147. The first-order valence-corrected chi connectivity index (χ1v) is 8.26. The molecule has 0 aliphatic rings. The van der Waals surface area contributed by atoms with Crippen LogP contribution in [0, 0.1) is 0 Å². The molecule has 92 valence electrons. The third-order valence-electron chi connectivity index (χ3n) is 2.20. The number of unbranched alkanes of at least 4 members (excludes halogenated alkanes) is 1. The zero-order valence-electron chi connectivity index (χ0n) is 9.15. The van der Waals surface area contributed by atoms with Gasteiger partial charge < -0.3 is 0 Å². The van der Waals surface area contributed by atoms with Gasteiger partial charge in [0.1, 0.15) is 0 Å². The summed E-state index contributed by atoms with van der Waals surface area (Å²) in [4.78, 5) is 0. The second-order valence-corrected chi connectivity index (χ2v) is 6.64. The van der Waals surface area contributed by atoms with E-state index in [9.17, 15) is 8.42 Å². The highest BCUT2D eigenvalue weighted by atomic mass is 35.5. The molecule has 0 radical (unpaired) electrons. The first-order valence-electron chi connectivity index (χ1n) is 5.13. The van der Waals surface area contributed by atoms with Gasteiger partial charge in [-0.05, 0) is 42.2 Å². The number of sulfonamides is 1. The van der Waals surface area contributed by atoms with E-state index in [2.05, 4.69) is 4.72 Å². The van der Waals surface area contributed by atoms with Crippen molar-refractivity contribution in [1.29, 1.82) is 0 Å². The van der Waals surface area contributed by atoms with E-state index in [4.69, 9.17) is 11.6 Å². The Kier molecular flexibility index (Phi) is 5.75. The second kappa shape index (κ2) is 6.59. The number of halogens is 1. The molecule has 1 heterocycles. The highest BCUT2D eigenvalue weighted by molar-refractivity contribution is 7.89. The average Bonchev–Trinajstić information content (AvgIpc) is 2.69. The summed E-state index contributed by atoms with van der Waals surface area (Å²) >= 11 is 7.07. The summed E-state index contributed by atoms with van der Waals surface area (Å²) in [5.41, 5.74) is 1.01. The zero-order valence-corrected chi connectivity index (χ0v) is 11.5. The quantitative estimate of drug-likeness (QED) is 0.617. The van der Waals surface area contributed by atoms with Crippen LogP contribution in [0.5, 0.6) is 0 Å². The molecule has 3 nitrogen and oxygen atoms in total. The highest BCUT2D eigenvalue weighted by Crippen LogP contribution is 2.16. The minimum atomic E-state index is -3.18. The van der Waals surface area contributed by atoms with Gasteiger partial charge in [0.2, 0.25) is 10.0 Å². The van der Waals surface area contributed by atoms with E-state index < -0.39 is 10.0 Å². The van der Waals surface area contributed by atoms with Crippen molar-refractivity contribution in [3.05, 3.63) is 22.4 Å². The fourth-order valence-corrected chi connectivity index (χ4v) is 3.62. The number of thiophene rings is 1. The largest absolute Gasteiger partial charge is 0.212 e. The molecule has 0 aliphatic heterocycles. The third-order valence-corrected chi connectivity index (χ3v) is 4.70. The number of nitrogens with one attached hydrogen (secondary N) is 1. The van der Waals surface area contributed by atoms with E-state index in [0.29, 0.717) is 12.3 Å². The van der Waals surface area contributed by atoms with Crippen LogP contribution in [0.4, 0.5) is 0 Å². The van der Waals surface area contributed by atoms with Crippen LogP contribution in [0.25, 0.3) is 0 Å². The van der Waals surface area contributed by atoms with Crippen LogP contribution in [-0.4, -0.2) is 20.1 Å². The Morgan fingerprint density at radius 1 is 1.50 bits per heavy atom. The normalized spacial score (nSPS) is 13.9. The van der Waals surface area contributed by atoms with Crippen LogP contribution < -0.4 is 4.72 Å². The van der Waals surface area contributed by atoms with Gasteiger partial charge in [0, 0.05) is 11.9 Å². The molecular weight excluding hydrogens is 266 g/mol. The summed E-state index contributed by atoms with van der Waals surface area (Å²) in [5.74, 6) is 0.657. The molecule has 1 aromatic rings. The summed E-state index contributed by atoms with van der Waals surface area (Å²) in [5, 5.41) is 3.89. The van der Waals surface area contributed by atoms with Crippen LogP contribution in [-0.2, 0) is 10.0 Å². The molecule has 0 fully saturated rings. The van der Waals surface area contributed by atoms with E-state index in [1.54, 1.807) is 11.3 Å². The summed E-state index contributed by atoms with van der Waals surface area (Å²) in [6.45, 7) is 1.85. The van der Waals surface area contributed by atoms with Gasteiger partial charge in [0.25, 0.3) is 0 Å². The molecule has 0 aromatic carbocycles. The maximum absolute atomic E-state index is 11.7. The topological polar surface area (TPSA) is 46.2 Å². The lowest BCUT2D eigenvalue weighted by atomic mass is 10.2. The molecule has 0 saturated heterocycles. The van der Waals surface area contributed by atoms with Crippen LogP contribution in [0.3, 0.4) is 0 Å². The SMILES string of the molecule is CC(NS(=O)(=O)CCCCCl)c1ccsc1.